The zero-order valence-electron chi connectivity index (χ0n) is 28.7. The fourth-order valence-electron chi connectivity index (χ4n) is 6.31. The maximum atomic E-state index is 12.7. The fraction of sp³-hybridized carbons (Fsp3) is 0.359. The molecule has 1 aliphatic heterocycles. The lowest BCUT2D eigenvalue weighted by atomic mass is 9.92. The fourth-order valence-corrected chi connectivity index (χ4v) is 6.31. The maximum absolute atomic E-state index is 12.7. The number of carbonyl (C=O) groups is 1. The van der Waals surface area contributed by atoms with E-state index in [-0.39, 0.29) is 18.1 Å². The predicted molar refractivity (Wildman–Crippen MR) is 189 cm³/mol. The summed E-state index contributed by atoms with van der Waals surface area (Å²) in [6.07, 6.45) is 0.620. The van der Waals surface area contributed by atoms with Crippen LogP contribution in [0.25, 0.3) is 22.2 Å². The van der Waals surface area contributed by atoms with Crippen LogP contribution < -0.4 is 14.4 Å². The molecule has 5 aromatic rings. The van der Waals surface area contributed by atoms with E-state index in [1.165, 1.54) is 0 Å². The molecule has 48 heavy (non-hydrogen) atoms. The number of pyridine rings is 1. The lowest BCUT2D eigenvalue weighted by molar-refractivity contribution is 0.0156. The molecule has 2 atom stereocenters. The van der Waals surface area contributed by atoms with Crippen LogP contribution in [0.4, 0.5) is 10.5 Å². The average molecular weight is 648 g/mol. The molecular formula is C39H45N5O4. The van der Waals surface area contributed by atoms with Crippen LogP contribution in [0, 0.1) is 5.92 Å². The molecular weight excluding hydrogens is 602 g/mol. The van der Waals surface area contributed by atoms with Crippen molar-refractivity contribution in [3.05, 3.63) is 102 Å². The van der Waals surface area contributed by atoms with Crippen molar-refractivity contribution in [3.8, 4) is 23.0 Å². The van der Waals surface area contributed by atoms with Crippen molar-refractivity contribution < 1.29 is 19.0 Å². The van der Waals surface area contributed by atoms with Crippen LogP contribution in [0.5, 0.6) is 11.8 Å². The van der Waals surface area contributed by atoms with Crippen molar-refractivity contribution in [1.82, 2.24) is 19.7 Å². The Morgan fingerprint density at radius 1 is 0.917 bits per heavy atom. The molecule has 0 bridgehead atoms. The van der Waals surface area contributed by atoms with E-state index in [2.05, 4.69) is 37.1 Å². The molecule has 0 spiro atoms. The van der Waals surface area contributed by atoms with Crippen LogP contribution in [0.15, 0.2) is 91.0 Å². The number of benzene rings is 3. The molecule has 3 aromatic carbocycles. The predicted octanol–water partition coefficient (Wildman–Crippen LogP) is 7.88. The number of hydrogen-bond acceptors (Lipinski definition) is 7. The summed E-state index contributed by atoms with van der Waals surface area (Å²) in [5.74, 6) is 1.23. The summed E-state index contributed by atoms with van der Waals surface area (Å²) >= 11 is 0. The Morgan fingerprint density at radius 3 is 2.23 bits per heavy atom. The van der Waals surface area contributed by atoms with Gasteiger partial charge in [-0.15, -0.1) is 0 Å². The molecule has 9 heteroatoms. The number of ether oxygens (including phenoxy) is 3. The zero-order valence-corrected chi connectivity index (χ0v) is 28.7. The minimum atomic E-state index is -0.506. The van der Waals surface area contributed by atoms with Crippen LogP contribution in [-0.4, -0.2) is 57.5 Å². The largest absolute Gasteiger partial charge is 0.473 e. The van der Waals surface area contributed by atoms with Crippen LogP contribution >= 0.6 is 0 Å². The molecule has 1 amide bonds. The number of piperidine rings is 1. The molecule has 1 aliphatic rings. The number of rotatable bonds is 9. The van der Waals surface area contributed by atoms with E-state index in [4.69, 9.17) is 24.3 Å². The first-order valence-electron chi connectivity index (χ1n) is 16.6. The molecule has 0 N–H and O–H groups in total. The highest BCUT2D eigenvalue weighted by molar-refractivity contribution is 5.96. The lowest BCUT2D eigenvalue weighted by Gasteiger charge is -2.42. The Bertz CT molecular complexity index is 1850. The summed E-state index contributed by atoms with van der Waals surface area (Å²) in [5, 5.41) is 5.97. The van der Waals surface area contributed by atoms with Crippen LogP contribution in [0.2, 0.25) is 0 Å². The number of aromatic nitrogens is 3. The smallest absolute Gasteiger partial charge is 0.410 e. The topological polar surface area (TPSA) is 82.0 Å². The summed E-state index contributed by atoms with van der Waals surface area (Å²) in [5.41, 5.74) is 5.31. The van der Waals surface area contributed by atoms with Gasteiger partial charge in [-0.2, -0.15) is 10.1 Å². The second kappa shape index (κ2) is 14.0. The minimum absolute atomic E-state index is 0.239. The summed E-state index contributed by atoms with van der Waals surface area (Å²) < 4.78 is 20.0. The Kier molecular flexibility index (Phi) is 9.57. The zero-order chi connectivity index (χ0) is 33.8. The summed E-state index contributed by atoms with van der Waals surface area (Å²) in [4.78, 5) is 21.7. The van der Waals surface area contributed by atoms with Crippen molar-refractivity contribution in [1.29, 1.82) is 0 Å². The number of hydrogen-bond donors (Lipinski definition) is 0. The van der Waals surface area contributed by atoms with Crippen LogP contribution in [-0.2, 0) is 25.0 Å². The van der Waals surface area contributed by atoms with Gasteiger partial charge < -0.3 is 24.0 Å². The number of amides is 1. The van der Waals surface area contributed by atoms with Crippen molar-refractivity contribution >= 4 is 22.7 Å². The monoisotopic (exact) mass is 647 g/mol. The average Bonchev–Trinajstić information content (AvgIpc) is 3.41. The first-order valence-corrected chi connectivity index (χ1v) is 16.6. The van der Waals surface area contributed by atoms with E-state index in [0.717, 1.165) is 45.4 Å². The molecule has 0 radical (unpaired) electrons. The number of likely N-dealkylation sites (tertiary alicyclic amines) is 1. The van der Waals surface area contributed by atoms with Gasteiger partial charge in [-0.3, -0.25) is 4.68 Å². The number of fused-ring (bicyclic) bond motifs is 1. The van der Waals surface area contributed by atoms with Gasteiger partial charge in [-0.05, 0) is 68.5 Å². The maximum Gasteiger partial charge on any atom is 0.410 e. The van der Waals surface area contributed by atoms with Gasteiger partial charge in [-0.25, -0.2) is 4.79 Å². The standard InChI is InChI=1S/C39H45N5O4/c1-27-24-44(38(45)48-39(2,3)4)22-21-33(27)42(5)30-17-18-31-34(23-30)43(6)41-36(31)32-19-20-35(46-25-28-13-9-7-10-14-28)40-37(32)47-26-29-15-11-8-12-16-29/h7-20,23,27,33H,21-22,24-26H2,1-6H3/t27-,33-/m1/s1. The Morgan fingerprint density at radius 2 is 1.58 bits per heavy atom. The van der Waals surface area contributed by atoms with Gasteiger partial charge in [0.15, 0.2) is 0 Å². The second-order valence-electron chi connectivity index (χ2n) is 13.6. The number of aryl methyl sites for hydroxylation is 1. The quantitative estimate of drug-likeness (QED) is 0.161. The third-order valence-corrected chi connectivity index (χ3v) is 8.79. The van der Waals surface area contributed by atoms with Gasteiger partial charge in [0.05, 0.1) is 11.1 Å². The van der Waals surface area contributed by atoms with Crippen LogP contribution in [0.1, 0.15) is 45.2 Å². The van der Waals surface area contributed by atoms with Gasteiger partial charge in [0.2, 0.25) is 11.8 Å². The Hall–Kier alpha value is -5.05. The highest BCUT2D eigenvalue weighted by Crippen LogP contribution is 2.37. The summed E-state index contributed by atoms with van der Waals surface area (Å²) in [6.45, 7) is 10.0. The molecule has 3 heterocycles. The summed E-state index contributed by atoms with van der Waals surface area (Å²) in [7, 11) is 4.10. The molecule has 0 aliphatic carbocycles. The first-order chi connectivity index (χ1) is 23.1. The second-order valence-corrected chi connectivity index (χ2v) is 13.6. The lowest BCUT2D eigenvalue weighted by Crippen LogP contribution is -2.51. The molecule has 1 fully saturated rings. The van der Waals surface area contributed by atoms with Crippen LogP contribution in [0.3, 0.4) is 0 Å². The van der Waals surface area contributed by atoms with E-state index in [0.29, 0.717) is 38.1 Å². The Labute approximate surface area is 283 Å². The Balaban J connectivity index is 1.24. The molecule has 0 saturated carbocycles. The molecule has 1 saturated heterocycles. The molecule has 250 valence electrons. The normalized spacial score (nSPS) is 16.5. The number of nitrogens with zero attached hydrogens (tertiary/aromatic N) is 5. The van der Waals surface area contributed by atoms with E-state index < -0.39 is 5.60 Å². The van der Waals surface area contributed by atoms with E-state index >= 15 is 0 Å². The molecule has 2 aromatic heterocycles. The van der Waals surface area contributed by atoms with E-state index in [9.17, 15) is 4.79 Å². The number of carbonyl (C=O) groups excluding carboxylic acids is 1. The molecule has 9 nitrogen and oxygen atoms in total. The third kappa shape index (κ3) is 7.56. The minimum Gasteiger partial charge on any atom is -0.473 e. The first kappa shape index (κ1) is 32.9. The molecule has 6 rings (SSSR count). The SMILES string of the molecule is C[C@@H]1CN(C(=O)OC(C)(C)C)CC[C@H]1N(C)c1ccc2c(-c3ccc(OCc4ccccc4)nc3OCc3ccccc3)nn(C)c2c1. The van der Waals surface area contributed by atoms with Gasteiger partial charge >= 0.3 is 6.09 Å². The van der Waals surface area contributed by atoms with Gasteiger partial charge in [-0.1, -0.05) is 67.6 Å². The molecule has 0 unspecified atom stereocenters. The van der Waals surface area contributed by atoms with Gasteiger partial charge in [0.1, 0.15) is 24.5 Å². The third-order valence-electron chi connectivity index (χ3n) is 8.79. The highest BCUT2D eigenvalue weighted by Gasteiger charge is 2.33. The highest BCUT2D eigenvalue weighted by atomic mass is 16.6. The summed E-state index contributed by atoms with van der Waals surface area (Å²) in [6, 6.07) is 30.7. The van der Waals surface area contributed by atoms with Crippen molar-refractivity contribution in [2.75, 3.05) is 25.0 Å². The van der Waals surface area contributed by atoms with Crippen molar-refractivity contribution in [2.24, 2.45) is 13.0 Å². The van der Waals surface area contributed by atoms with Crippen molar-refractivity contribution in [2.45, 2.75) is 59.0 Å². The number of anilines is 1. The van der Waals surface area contributed by atoms with Crippen molar-refractivity contribution in [3.63, 3.8) is 0 Å². The van der Waals surface area contributed by atoms with Gasteiger partial charge in [0.25, 0.3) is 0 Å². The van der Waals surface area contributed by atoms with Gasteiger partial charge in [0, 0.05) is 50.4 Å². The van der Waals surface area contributed by atoms with E-state index in [1.54, 1.807) is 0 Å². The van der Waals surface area contributed by atoms with E-state index in [1.807, 2.05) is 110 Å².